The summed E-state index contributed by atoms with van der Waals surface area (Å²) < 4.78 is 5.96. The van der Waals surface area contributed by atoms with Gasteiger partial charge in [0.2, 0.25) is 11.3 Å². The summed E-state index contributed by atoms with van der Waals surface area (Å²) in [5, 5.41) is 27.9. The summed E-state index contributed by atoms with van der Waals surface area (Å²) in [6, 6.07) is 12.4. The van der Waals surface area contributed by atoms with Gasteiger partial charge in [0, 0.05) is 17.2 Å². The lowest BCUT2D eigenvalue weighted by molar-refractivity contribution is -0.385. The molecule has 1 aliphatic carbocycles. The molecule has 2 aromatic carbocycles. The van der Waals surface area contributed by atoms with Crippen LogP contribution in [0.2, 0.25) is 0 Å². The molecule has 0 bridgehead atoms. The van der Waals surface area contributed by atoms with Gasteiger partial charge in [0.05, 0.1) is 9.80 Å². The van der Waals surface area contributed by atoms with Gasteiger partial charge < -0.3 is 15.2 Å². The Bertz CT molecular complexity index is 1300. The molecule has 1 aromatic heterocycles. The Morgan fingerprint density at radius 3 is 2.62 bits per heavy atom. The van der Waals surface area contributed by atoms with Crippen molar-refractivity contribution in [1.29, 1.82) is 0 Å². The summed E-state index contributed by atoms with van der Waals surface area (Å²) >= 11 is 1.17. The van der Waals surface area contributed by atoms with Crippen molar-refractivity contribution in [2.75, 3.05) is 0 Å². The Morgan fingerprint density at radius 1 is 1.19 bits per heavy atom. The van der Waals surface area contributed by atoms with E-state index in [0.717, 1.165) is 5.56 Å². The van der Waals surface area contributed by atoms with Gasteiger partial charge in [-0.3, -0.25) is 19.7 Å². The first kappa shape index (κ1) is 20.3. The molecule has 0 spiro atoms. The highest BCUT2D eigenvalue weighted by Crippen LogP contribution is 2.59. The summed E-state index contributed by atoms with van der Waals surface area (Å²) in [7, 11) is 0. The third kappa shape index (κ3) is 2.46. The number of fused-ring (bicyclic) bond motifs is 5. The maximum absolute atomic E-state index is 13.9. The predicted molar refractivity (Wildman–Crippen MR) is 116 cm³/mol. The molecule has 2 N–H and O–H groups in total. The Kier molecular flexibility index (Phi) is 4.27. The molecule has 3 aromatic rings. The van der Waals surface area contributed by atoms with Crippen LogP contribution in [-0.4, -0.2) is 21.7 Å². The van der Waals surface area contributed by atoms with Crippen molar-refractivity contribution >= 4 is 28.7 Å². The molecule has 0 saturated carbocycles. The number of nitrogens with one attached hydrogen (secondary N) is 1. The molecule has 2 aliphatic rings. The molecule has 1 amide bonds. The largest absolute Gasteiger partial charge is 0.454 e. The van der Waals surface area contributed by atoms with Crippen LogP contribution in [0.15, 0.2) is 53.9 Å². The molecule has 0 fully saturated rings. The number of ether oxygens (including phenoxy) is 1. The predicted octanol–water partition coefficient (Wildman–Crippen LogP) is 3.84. The first-order chi connectivity index (χ1) is 15.2. The zero-order valence-electron chi connectivity index (χ0n) is 17.1. The van der Waals surface area contributed by atoms with E-state index >= 15 is 0 Å². The Balaban J connectivity index is 1.77. The molecular formula is C23H18N2O6S. The van der Waals surface area contributed by atoms with Crippen LogP contribution in [0.5, 0.6) is 5.75 Å². The lowest BCUT2D eigenvalue weighted by Crippen LogP contribution is -2.60. The molecule has 8 nitrogen and oxygen atoms in total. The maximum Gasteiger partial charge on any atom is 0.280 e. The summed E-state index contributed by atoms with van der Waals surface area (Å²) in [4.78, 5) is 38.2. The van der Waals surface area contributed by atoms with Crippen molar-refractivity contribution in [3.63, 3.8) is 0 Å². The fourth-order valence-corrected chi connectivity index (χ4v) is 5.11. The number of amides is 1. The highest BCUT2D eigenvalue weighted by molar-refractivity contribution is 7.12. The smallest absolute Gasteiger partial charge is 0.280 e. The number of hydrogen-bond acceptors (Lipinski definition) is 7. The average Bonchev–Trinajstić information content (AvgIpc) is 3.42. The van der Waals surface area contributed by atoms with E-state index in [4.69, 9.17) is 4.74 Å². The number of ketones is 1. The van der Waals surface area contributed by atoms with Crippen molar-refractivity contribution in [1.82, 2.24) is 5.32 Å². The van der Waals surface area contributed by atoms with Crippen molar-refractivity contribution in [2.24, 2.45) is 0 Å². The SMILES string of the molecule is CC(C)c1ccc2c(c1)OC1(O)c3cccc([N+](=O)[O-])c3C(=O)C21NC(=O)c1cccs1. The van der Waals surface area contributed by atoms with Crippen LogP contribution >= 0.6 is 11.3 Å². The quantitative estimate of drug-likeness (QED) is 0.461. The molecule has 2 heterocycles. The molecule has 2 atom stereocenters. The van der Waals surface area contributed by atoms with E-state index in [2.05, 4.69) is 5.32 Å². The minimum Gasteiger partial charge on any atom is -0.454 e. The van der Waals surface area contributed by atoms with Gasteiger partial charge in [0.1, 0.15) is 11.3 Å². The van der Waals surface area contributed by atoms with Gasteiger partial charge in [-0.05, 0) is 29.0 Å². The third-order valence-corrected chi connectivity index (χ3v) is 6.93. The Labute approximate surface area is 186 Å². The van der Waals surface area contributed by atoms with Gasteiger partial charge >= 0.3 is 0 Å². The Morgan fingerprint density at radius 2 is 1.97 bits per heavy atom. The van der Waals surface area contributed by atoms with Gasteiger partial charge in [-0.15, -0.1) is 11.3 Å². The van der Waals surface area contributed by atoms with Gasteiger partial charge in [0.15, 0.2) is 0 Å². The van der Waals surface area contributed by atoms with Crippen LogP contribution in [0, 0.1) is 10.1 Å². The van der Waals surface area contributed by atoms with E-state index in [1.54, 1.807) is 35.7 Å². The fourth-order valence-electron chi connectivity index (χ4n) is 4.49. The van der Waals surface area contributed by atoms with Crippen molar-refractivity contribution in [2.45, 2.75) is 31.1 Å². The summed E-state index contributed by atoms with van der Waals surface area (Å²) in [6.45, 7) is 3.98. The van der Waals surface area contributed by atoms with Crippen LogP contribution < -0.4 is 10.1 Å². The molecule has 5 rings (SSSR count). The minimum absolute atomic E-state index is 0.0505. The minimum atomic E-state index is -2.34. The molecule has 32 heavy (non-hydrogen) atoms. The van der Waals surface area contributed by atoms with Crippen LogP contribution in [-0.2, 0) is 11.3 Å². The molecule has 162 valence electrons. The number of Topliss-reactive ketones (excluding diaryl/α,β-unsaturated/α-hetero) is 1. The maximum atomic E-state index is 13.9. The van der Waals surface area contributed by atoms with Crippen molar-refractivity contribution in [3.05, 3.63) is 91.2 Å². The standard InChI is InChI=1S/C23H18N2O6S/c1-12(2)13-8-9-14-17(11-13)31-23(28)15-5-3-6-16(25(29)30)19(15)20(26)22(14,23)24-21(27)18-7-4-10-32-18/h3-12,28H,1-2H3,(H,24,27). The van der Waals surface area contributed by atoms with E-state index < -0.39 is 33.6 Å². The van der Waals surface area contributed by atoms with Gasteiger partial charge in [-0.1, -0.05) is 44.2 Å². The van der Waals surface area contributed by atoms with Gasteiger partial charge in [0.25, 0.3) is 17.4 Å². The second-order valence-electron chi connectivity index (χ2n) is 8.12. The van der Waals surface area contributed by atoms with E-state index in [-0.39, 0.29) is 28.4 Å². The van der Waals surface area contributed by atoms with E-state index in [1.165, 1.54) is 29.5 Å². The number of thiophene rings is 1. The number of carbonyl (C=O) groups is 2. The number of nitro groups is 1. The third-order valence-electron chi connectivity index (χ3n) is 6.06. The second-order valence-corrected chi connectivity index (χ2v) is 9.07. The summed E-state index contributed by atoms with van der Waals surface area (Å²) in [5.41, 5.74) is -1.67. The first-order valence-electron chi connectivity index (χ1n) is 9.95. The second kappa shape index (κ2) is 6.72. The molecular weight excluding hydrogens is 432 g/mol. The number of rotatable bonds is 4. The number of carbonyl (C=O) groups excluding carboxylic acids is 2. The summed E-state index contributed by atoms with van der Waals surface area (Å²) in [6.07, 6.45) is 0. The van der Waals surface area contributed by atoms with Crippen LogP contribution in [0.3, 0.4) is 0 Å². The highest BCUT2D eigenvalue weighted by Gasteiger charge is 2.73. The fraction of sp³-hybridized carbons (Fsp3) is 0.217. The van der Waals surface area contributed by atoms with Crippen molar-refractivity contribution in [3.8, 4) is 5.75 Å². The van der Waals surface area contributed by atoms with Gasteiger partial charge in [-0.25, -0.2) is 0 Å². The Hall–Kier alpha value is -3.56. The lowest BCUT2D eigenvalue weighted by Gasteiger charge is -2.34. The molecule has 0 saturated heterocycles. The summed E-state index contributed by atoms with van der Waals surface area (Å²) in [5.74, 6) is -3.32. The highest BCUT2D eigenvalue weighted by atomic mass is 32.1. The number of hydrogen-bond donors (Lipinski definition) is 2. The van der Waals surface area contributed by atoms with Gasteiger partial charge in [-0.2, -0.15) is 0 Å². The van der Waals surface area contributed by atoms with E-state index in [1.807, 2.05) is 13.8 Å². The number of nitrogens with zero attached hydrogens (tertiary/aromatic N) is 1. The topological polar surface area (TPSA) is 119 Å². The average molecular weight is 450 g/mol. The first-order valence-corrected chi connectivity index (χ1v) is 10.8. The molecule has 0 radical (unpaired) electrons. The number of nitro benzene ring substituents is 1. The van der Waals surface area contributed by atoms with Crippen LogP contribution in [0.25, 0.3) is 0 Å². The number of benzene rings is 2. The number of aliphatic hydroxyl groups is 1. The van der Waals surface area contributed by atoms with Crippen molar-refractivity contribution < 1.29 is 24.4 Å². The normalized spacial score (nSPS) is 22.8. The molecule has 9 heteroatoms. The lowest BCUT2D eigenvalue weighted by atomic mass is 9.82. The zero-order valence-corrected chi connectivity index (χ0v) is 17.9. The molecule has 1 aliphatic heterocycles. The molecule has 2 unspecified atom stereocenters. The monoisotopic (exact) mass is 450 g/mol. The van der Waals surface area contributed by atoms with E-state index in [9.17, 15) is 24.8 Å². The van der Waals surface area contributed by atoms with Crippen LogP contribution in [0.1, 0.15) is 56.5 Å². The zero-order chi connectivity index (χ0) is 22.8. The van der Waals surface area contributed by atoms with E-state index in [0.29, 0.717) is 4.88 Å². The van der Waals surface area contributed by atoms with Crippen LogP contribution in [0.4, 0.5) is 5.69 Å².